The van der Waals surface area contributed by atoms with Crippen molar-refractivity contribution < 1.29 is 18.7 Å². The molecule has 3 rings (SSSR count). The third-order valence-electron chi connectivity index (χ3n) is 5.62. The Morgan fingerprint density at radius 1 is 1.13 bits per heavy atom. The predicted molar refractivity (Wildman–Crippen MR) is 116 cm³/mol. The minimum Gasteiger partial charge on any atom is -0.497 e. The van der Waals surface area contributed by atoms with Crippen molar-refractivity contribution in [1.29, 1.82) is 0 Å². The molecular weight excluding hydrogens is 385 g/mol. The van der Waals surface area contributed by atoms with Crippen LogP contribution < -0.4 is 14.8 Å². The third kappa shape index (κ3) is 5.42. The van der Waals surface area contributed by atoms with Gasteiger partial charge in [0.1, 0.15) is 17.3 Å². The Kier molecular flexibility index (Phi) is 7.52. The molecule has 0 saturated carbocycles. The number of hydrogen-bond acceptors (Lipinski definition) is 4. The van der Waals surface area contributed by atoms with Crippen molar-refractivity contribution in [3.8, 4) is 11.5 Å². The van der Waals surface area contributed by atoms with E-state index in [9.17, 15) is 9.18 Å². The van der Waals surface area contributed by atoms with Crippen molar-refractivity contribution in [2.45, 2.75) is 32.4 Å². The Labute approximate surface area is 177 Å². The van der Waals surface area contributed by atoms with E-state index in [-0.39, 0.29) is 17.9 Å². The molecule has 162 valence electrons. The van der Waals surface area contributed by atoms with E-state index in [1.165, 1.54) is 12.1 Å². The number of carbonyl (C=O) groups excluding carboxylic acids is 1. The van der Waals surface area contributed by atoms with Gasteiger partial charge in [0.05, 0.1) is 19.9 Å². The standard InChI is InChI=1S/C23H30FN3O3/c1-4-26-13-11-19(12-14-26)27(16-17-5-7-18(24)8-6-17)23(28)25-21-10-9-20(29-2)15-22(21)30-3/h5-10,15,19H,4,11-14,16H2,1-3H3,(H,25,28). The maximum atomic E-state index is 13.3. The topological polar surface area (TPSA) is 54.0 Å². The summed E-state index contributed by atoms with van der Waals surface area (Å²) in [6.45, 7) is 5.50. The molecule has 0 aliphatic carbocycles. The summed E-state index contributed by atoms with van der Waals surface area (Å²) >= 11 is 0. The summed E-state index contributed by atoms with van der Waals surface area (Å²) in [7, 11) is 3.14. The molecule has 2 aromatic rings. The molecule has 0 radical (unpaired) electrons. The molecule has 2 aromatic carbocycles. The Morgan fingerprint density at radius 2 is 1.83 bits per heavy atom. The average molecular weight is 416 g/mol. The summed E-state index contributed by atoms with van der Waals surface area (Å²) in [4.78, 5) is 17.5. The van der Waals surface area contributed by atoms with Gasteiger partial charge < -0.3 is 24.6 Å². The van der Waals surface area contributed by atoms with Crippen LogP contribution in [0, 0.1) is 5.82 Å². The van der Waals surface area contributed by atoms with Crippen LogP contribution in [-0.4, -0.2) is 55.7 Å². The fourth-order valence-electron chi connectivity index (χ4n) is 3.79. The monoisotopic (exact) mass is 415 g/mol. The normalized spacial score (nSPS) is 14.9. The zero-order chi connectivity index (χ0) is 21.5. The zero-order valence-corrected chi connectivity index (χ0v) is 17.9. The lowest BCUT2D eigenvalue weighted by Crippen LogP contribution is -2.48. The lowest BCUT2D eigenvalue weighted by Gasteiger charge is -2.38. The molecule has 1 heterocycles. The van der Waals surface area contributed by atoms with Crippen LogP contribution in [0.3, 0.4) is 0 Å². The quantitative estimate of drug-likeness (QED) is 0.730. The number of urea groups is 1. The minimum atomic E-state index is -0.283. The fraction of sp³-hybridized carbons (Fsp3) is 0.435. The van der Waals surface area contributed by atoms with Crippen molar-refractivity contribution >= 4 is 11.7 Å². The van der Waals surface area contributed by atoms with Crippen molar-refractivity contribution in [3.05, 3.63) is 53.8 Å². The van der Waals surface area contributed by atoms with Crippen molar-refractivity contribution in [2.75, 3.05) is 39.2 Å². The van der Waals surface area contributed by atoms with Crippen molar-refractivity contribution in [2.24, 2.45) is 0 Å². The highest BCUT2D eigenvalue weighted by atomic mass is 19.1. The van der Waals surface area contributed by atoms with Crippen molar-refractivity contribution in [1.82, 2.24) is 9.80 Å². The van der Waals surface area contributed by atoms with Gasteiger partial charge in [-0.3, -0.25) is 0 Å². The van der Waals surface area contributed by atoms with Gasteiger partial charge in [-0.1, -0.05) is 19.1 Å². The number of benzene rings is 2. The lowest BCUT2D eigenvalue weighted by molar-refractivity contribution is 0.126. The molecule has 6 nitrogen and oxygen atoms in total. The number of nitrogens with one attached hydrogen (secondary N) is 1. The highest BCUT2D eigenvalue weighted by Crippen LogP contribution is 2.30. The molecule has 0 atom stereocenters. The number of carbonyl (C=O) groups is 1. The molecular formula is C23H30FN3O3. The van der Waals surface area contributed by atoms with Gasteiger partial charge >= 0.3 is 6.03 Å². The maximum absolute atomic E-state index is 13.3. The lowest BCUT2D eigenvalue weighted by atomic mass is 10.0. The number of piperidine rings is 1. The second-order valence-corrected chi connectivity index (χ2v) is 7.42. The highest BCUT2D eigenvalue weighted by molar-refractivity contribution is 5.91. The second-order valence-electron chi connectivity index (χ2n) is 7.42. The molecule has 1 saturated heterocycles. The van der Waals surface area contributed by atoms with Crippen LogP contribution >= 0.6 is 0 Å². The first-order valence-corrected chi connectivity index (χ1v) is 10.3. The van der Waals surface area contributed by atoms with Gasteiger partial charge in [0.2, 0.25) is 0 Å². The Bertz CT molecular complexity index is 836. The summed E-state index contributed by atoms with van der Waals surface area (Å²) in [5.74, 6) is 0.902. The number of rotatable bonds is 7. The third-order valence-corrected chi connectivity index (χ3v) is 5.62. The van der Waals surface area contributed by atoms with Crippen LogP contribution in [0.1, 0.15) is 25.3 Å². The number of halogens is 1. The van der Waals surface area contributed by atoms with E-state index in [0.29, 0.717) is 23.7 Å². The van der Waals surface area contributed by atoms with Gasteiger partial charge in [0.15, 0.2) is 0 Å². The van der Waals surface area contributed by atoms with Crippen LogP contribution in [-0.2, 0) is 6.54 Å². The number of likely N-dealkylation sites (tertiary alicyclic amines) is 1. The summed E-state index contributed by atoms with van der Waals surface area (Å²) < 4.78 is 24.0. The average Bonchev–Trinajstić information content (AvgIpc) is 2.79. The molecule has 7 heteroatoms. The van der Waals surface area contributed by atoms with E-state index in [1.54, 1.807) is 44.6 Å². The van der Waals surface area contributed by atoms with E-state index in [1.807, 2.05) is 4.90 Å². The van der Waals surface area contributed by atoms with E-state index in [0.717, 1.165) is 38.0 Å². The summed E-state index contributed by atoms with van der Waals surface area (Å²) in [6.07, 6.45) is 1.81. The molecule has 30 heavy (non-hydrogen) atoms. The van der Waals surface area contributed by atoms with Gasteiger partial charge in [-0.25, -0.2) is 9.18 Å². The number of methoxy groups -OCH3 is 2. The van der Waals surface area contributed by atoms with E-state index in [2.05, 4.69) is 17.1 Å². The molecule has 1 aliphatic heterocycles. The highest BCUT2D eigenvalue weighted by Gasteiger charge is 2.28. The Hall–Kier alpha value is -2.80. The molecule has 0 bridgehead atoms. The summed E-state index contributed by atoms with van der Waals surface area (Å²) in [5, 5.41) is 2.99. The number of nitrogens with zero attached hydrogens (tertiary/aromatic N) is 2. The van der Waals surface area contributed by atoms with Crippen LogP contribution in [0.15, 0.2) is 42.5 Å². The van der Waals surface area contributed by atoms with Gasteiger partial charge in [0.25, 0.3) is 0 Å². The van der Waals surface area contributed by atoms with Crippen LogP contribution in [0.25, 0.3) is 0 Å². The molecule has 0 spiro atoms. The zero-order valence-electron chi connectivity index (χ0n) is 17.9. The van der Waals surface area contributed by atoms with Gasteiger partial charge in [0, 0.05) is 31.7 Å². The first kappa shape index (κ1) is 21.9. The Balaban J connectivity index is 1.80. The van der Waals surface area contributed by atoms with Crippen LogP contribution in [0.2, 0.25) is 0 Å². The maximum Gasteiger partial charge on any atom is 0.322 e. The molecule has 1 N–H and O–H groups in total. The van der Waals surface area contributed by atoms with E-state index < -0.39 is 0 Å². The molecule has 1 aliphatic rings. The fourth-order valence-corrected chi connectivity index (χ4v) is 3.79. The van der Waals surface area contributed by atoms with Gasteiger partial charge in [-0.2, -0.15) is 0 Å². The number of anilines is 1. The largest absolute Gasteiger partial charge is 0.497 e. The molecule has 2 amide bonds. The molecule has 0 unspecified atom stereocenters. The second kappa shape index (κ2) is 10.3. The molecule has 1 fully saturated rings. The molecule has 0 aromatic heterocycles. The summed E-state index contributed by atoms with van der Waals surface area (Å²) in [5.41, 5.74) is 1.48. The van der Waals surface area contributed by atoms with Gasteiger partial charge in [-0.15, -0.1) is 0 Å². The van der Waals surface area contributed by atoms with Gasteiger partial charge in [-0.05, 0) is 49.2 Å². The summed E-state index contributed by atoms with van der Waals surface area (Å²) in [6, 6.07) is 11.5. The van der Waals surface area contributed by atoms with Crippen LogP contribution in [0.4, 0.5) is 14.9 Å². The minimum absolute atomic E-state index is 0.113. The van der Waals surface area contributed by atoms with Crippen molar-refractivity contribution in [3.63, 3.8) is 0 Å². The first-order valence-electron chi connectivity index (χ1n) is 10.3. The predicted octanol–water partition coefficient (Wildman–Crippen LogP) is 4.36. The smallest absolute Gasteiger partial charge is 0.322 e. The number of amides is 2. The number of hydrogen-bond donors (Lipinski definition) is 1. The van der Waals surface area contributed by atoms with E-state index >= 15 is 0 Å². The van der Waals surface area contributed by atoms with E-state index in [4.69, 9.17) is 9.47 Å². The Morgan fingerprint density at radius 3 is 2.43 bits per heavy atom. The van der Waals surface area contributed by atoms with Crippen LogP contribution in [0.5, 0.6) is 11.5 Å². The first-order chi connectivity index (χ1) is 14.5. The SMILES string of the molecule is CCN1CCC(N(Cc2ccc(F)cc2)C(=O)Nc2ccc(OC)cc2OC)CC1. The number of ether oxygens (including phenoxy) is 2.